The molecular weight excluding hydrogens is 539 g/mol. The van der Waals surface area contributed by atoms with Crippen molar-refractivity contribution in [3.63, 3.8) is 0 Å². The van der Waals surface area contributed by atoms with E-state index in [1.54, 1.807) is 61.9 Å². The Hall–Kier alpha value is -4.05. The molecular formula is C32H39FN4O5. The molecule has 0 bridgehead atoms. The van der Waals surface area contributed by atoms with Crippen molar-refractivity contribution in [1.29, 1.82) is 0 Å². The van der Waals surface area contributed by atoms with Crippen LogP contribution < -0.4 is 0 Å². The number of Topliss-reactive ketones (excluding diaryl/α,β-unsaturated/α-hetero) is 1. The van der Waals surface area contributed by atoms with E-state index in [0.29, 0.717) is 36.1 Å². The summed E-state index contributed by atoms with van der Waals surface area (Å²) in [4.78, 5) is 57.1. The van der Waals surface area contributed by atoms with Gasteiger partial charge in [-0.05, 0) is 70.5 Å². The third-order valence-corrected chi connectivity index (χ3v) is 7.60. The van der Waals surface area contributed by atoms with Gasteiger partial charge in [-0.2, -0.15) is 0 Å². The van der Waals surface area contributed by atoms with Crippen LogP contribution in [0.2, 0.25) is 0 Å². The third kappa shape index (κ3) is 6.54. The lowest BCUT2D eigenvalue weighted by atomic mass is 9.98. The molecule has 224 valence electrons. The number of esters is 1. The van der Waals surface area contributed by atoms with Gasteiger partial charge in [-0.25, -0.2) is 4.39 Å². The quantitative estimate of drug-likeness (QED) is 0.236. The van der Waals surface area contributed by atoms with Crippen molar-refractivity contribution in [3.8, 4) is 0 Å². The molecule has 0 saturated carbocycles. The molecule has 1 fully saturated rings. The summed E-state index contributed by atoms with van der Waals surface area (Å²) in [5, 5.41) is 0.498. The molecule has 2 heterocycles. The molecule has 10 heteroatoms. The van der Waals surface area contributed by atoms with Crippen LogP contribution in [0.25, 0.3) is 10.9 Å². The van der Waals surface area contributed by atoms with Gasteiger partial charge in [0.2, 0.25) is 5.78 Å². The molecule has 42 heavy (non-hydrogen) atoms. The molecule has 1 aliphatic heterocycles. The molecule has 0 aliphatic carbocycles. The Balaban J connectivity index is 1.65. The molecule has 0 N–H and O–H groups in total. The van der Waals surface area contributed by atoms with E-state index in [4.69, 9.17) is 4.74 Å². The number of ketones is 1. The number of hydrogen-bond acceptors (Lipinski definition) is 6. The number of likely N-dealkylation sites (N-methyl/N-ethyl adjacent to an activating group) is 1. The summed E-state index contributed by atoms with van der Waals surface area (Å²) in [5.41, 5.74) is 1.42. The Bertz CT molecular complexity index is 1510. The first-order valence-corrected chi connectivity index (χ1v) is 14.0. The Labute approximate surface area is 245 Å². The number of halogens is 1. The summed E-state index contributed by atoms with van der Waals surface area (Å²) < 4.78 is 20.6. The summed E-state index contributed by atoms with van der Waals surface area (Å²) in [6, 6.07) is 11.1. The van der Waals surface area contributed by atoms with Crippen molar-refractivity contribution in [1.82, 2.24) is 19.3 Å². The average Bonchev–Trinajstić information content (AvgIpc) is 3.30. The van der Waals surface area contributed by atoms with Gasteiger partial charge in [0, 0.05) is 63.0 Å². The summed E-state index contributed by atoms with van der Waals surface area (Å²) in [5.74, 6) is -2.23. The van der Waals surface area contributed by atoms with Crippen LogP contribution in [0.3, 0.4) is 0 Å². The molecule has 0 spiro atoms. The van der Waals surface area contributed by atoms with Gasteiger partial charge in [0.1, 0.15) is 5.82 Å². The fourth-order valence-corrected chi connectivity index (χ4v) is 5.07. The Morgan fingerprint density at radius 3 is 2.26 bits per heavy atom. The molecule has 4 rings (SSSR count). The van der Waals surface area contributed by atoms with Crippen molar-refractivity contribution in [2.75, 3.05) is 27.2 Å². The average molecular weight is 579 g/mol. The van der Waals surface area contributed by atoms with Crippen LogP contribution in [-0.2, 0) is 27.6 Å². The van der Waals surface area contributed by atoms with Gasteiger partial charge in [0.15, 0.2) is 6.73 Å². The van der Waals surface area contributed by atoms with Gasteiger partial charge in [-0.3, -0.25) is 24.1 Å². The number of benzene rings is 2. The second-order valence-electron chi connectivity index (χ2n) is 12.3. The summed E-state index contributed by atoms with van der Waals surface area (Å²) in [7, 11) is 3.01. The lowest BCUT2D eigenvalue weighted by molar-refractivity contribution is -0.156. The van der Waals surface area contributed by atoms with Crippen LogP contribution in [0.1, 0.15) is 60.9 Å². The minimum Gasteiger partial charge on any atom is -0.443 e. The lowest BCUT2D eigenvalue weighted by Crippen LogP contribution is -2.57. The van der Waals surface area contributed by atoms with E-state index in [-0.39, 0.29) is 42.1 Å². The van der Waals surface area contributed by atoms with Crippen LogP contribution in [-0.4, -0.2) is 82.1 Å². The molecule has 2 aromatic carbocycles. The number of hydrogen-bond donors (Lipinski definition) is 0. The second kappa shape index (κ2) is 12.1. The van der Waals surface area contributed by atoms with Crippen LogP contribution >= 0.6 is 0 Å². The molecule has 2 amide bonds. The molecule has 1 saturated heterocycles. The minimum atomic E-state index is -0.701. The van der Waals surface area contributed by atoms with E-state index in [1.807, 2.05) is 11.8 Å². The van der Waals surface area contributed by atoms with Gasteiger partial charge in [-0.1, -0.05) is 12.1 Å². The van der Waals surface area contributed by atoms with Crippen LogP contribution in [0.15, 0.2) is 48.7 Å². The van der Waals surface area contributed by atoms with Gasteiger partial charge in [0.05, 0.1) is 16.5 Å². The molecule has 1 aliphatic rings. The second-order valence-corrected chi connectivity index (χ2v) is 12.3. The van der Waals surface area contributed by atoms with Gasteiger partial charge in [-0.15, -0.1) is 0 Å². The highest BCUT2D eigenvalue weighted by Gasteiger charge is 2.34. The lowest BCUT2D eigenvalue weighted by Gasteiger charge is -2.44. The summed E-state index contributed by atoms with van der Waals surface area (Å²) in [6.45, 7) is 10.9. The predicted molar refractivity (Wildman–Crippen MR) is 157 cm³/mol. The van der Waals surface area contributed by atoms with Crippen molar-refractivity contribution < 1.29 is 28.3 Å². The number of carbonyl (C=O) groups excluding carboxylic acids is 4. The number of rotatable bonds is 7. The molecule has 2 atom stereocenters. The molecule has 0 radical (unpaired) electrons. The maximum atomic E-state index is 14.1. The minimum absolute atomic E-state index is 0.0335. The standard InChI is InChI=1S/C32H39FN4O5/c1-20-16-37(21(2)15-35(20)17-22-8-11-24(33)12-9-22)29(39)26-18-36(19-42-31(41)32(3,4)5)27-13-10-23(14-25(26)27)28(38)30(40)34(6)7/h8-14,18,20-21H,15-17,19H2,1-7H3. The maximum Gasteiger partial charge on any atom is 0.312 e. The SMILES string of the molecule is CC1CN(C(=O)c2cn(COC(=O)C(C)(C)C)c3ccc(C(=O)C(=O)N(C)C)cc23)C(C)CN1Cc1ccc(F)cc1. The number of aromatic nitrogens is 1. The zero-order valence-electron chi connectivity index (χ0n) is 25.3. The monoisotopic (exact) mass is 578 g/mol. The predicted octanol–water partition coefficient (Wildman–Crippen LogP) is 4.33. The van der Waals surface area contributed by atoms with E-state index in [2.05, 4.69) is 11.8 Å². The number of piperazine rings is 1. The van der Waals surface area contributed by atoms with E-state index < -0.39 is 17.1 Å². The third-order valence-electron chi connectivity index (χ3n) is 7.60. The largest absolute Gasteiger partial charge is 0.443 e. The molecule has 2 unspecified atom stereocenters. The van der Waals surface area contributed by atoms with Crippen molar-refractivity contribution >= 4 is 34.5 Å². The Morgan fingerprint density at radius 2 is 1.64 bits per heavy atom. The van der Waals surface area contributed by atoms with Crippen molar-refractivity contribution in [3.05, 3.63) is 71.2 Å². The van der Waals surface area contributed by atoms with Gasteiger partial charge < -0.3 is 19.1 Å². The highest BCUT2D eigenvalue weighted by Crippen LogP contribution is 2.28. The highest BCUT2D eigenvalue weighted by molar-refractivity contribution is 6.43. The normalized spacial score (nSPS) is 17.8. The highest BCUT2D eigenvalue weighted by atomic mass is 19.1. The maximum absolute atomic E-state index is 14.1. The van der Waals surface area contributed by atoms with E-state index in [0.717, 1.165) is 5.56 Å². The number of nitrogens with zero attached hydrogens (tertiary/aromatic N) is 4. The number of fused-ring (bicyclic) bond motifs is 1. The van der Waals surface area contributed by atoms with Crippen LogP contribution in [0.5, 0.6) is 0 Å². The fraction of sp³-hybridized carbons (Fsp3) is 0.438. The Morgan fingerprint density at radius 1 is 0.976 bits per heavy atom. The van der Waals surface area contributed by atoms with Gasteiger partial charge in [0.25, 0.3) is 11.8 Å². The smallest absolute Gasteiger partial charge is 0.312 e. The zero-order chi connectivity index (χ0) is 30.9. The number of ether oxygens (including phenoxy) is 1. The van der Waals surface area contributed by atoms with Crippen molar-refractivity contribution in [2.24, 2.45) is 5.41 Å². The fourth-order valence-electron chi connectivity index (χ4n) is 5.07. The molecule has 1 aromatic heterocycles. The van der Waals surface area contributed by atoms with Crippen LogP contribution in [0, 0.1) is 11.2 Å². The molecule has 3 aromatic rings. The summed E-state index contributed by atoms with van der Waals surface area (Å²) in [6.07, 6.45) is 1.65. The van der Waals surface area contributed by atoms with E-state index in [1.165, 1.54) is 31.1 Å². The summed E-state index contributed by atoms with van der Waals surface area (Å²) >= 11 is 0. The number of carbonyl (C=O) groups is 4. The Kier molecular flexibility index (Phi) is 8.87. The van der Waals surface area contributed by atoms with Crippen molar-refractivity contribution in [2.45, 2.75) is 60.0 Å². The van der Waals surface area contributed by atoms with E-state index >= 15 is 0 Å². The number of amides is 2. The molecule has 9 nitrogen and oxygen atoms in total. The zero-order valence-corrected chi connectivity index (χ0v) is 25.3. The van der Waals surface area contributed by atoms with Gasteiger partial charge >= 0.3 is 5.97 Å². The first-order chi connectivity index (χ1) is 19.7. The van der Waals surface area contributed by atoms with Crippen LogP contribution in [0.4, 0.5) is 4.39 Å². The topological polar surface area (TPSA) is 92.2 Å². The van der Waals surface area contributed by atoms with E-state index in [9.17, 15) is 23.6 Å². The first kappa shape index (κ1) is 30.9. The first-order valence-electron chi connectivity index (χ1n) is 14.0.